The van der Waals surface area contributed by atoms with Gasteiger partial charge in [0.2, 0.25) is 0 Å². The highest BCUT2D eigenvalue weighted by atomic mass is 35.5. The summed E-state index contributed by atoms with van der Waals surface area (Å²) in [5, 5.41) is 13.4. The van der Waals surface area contributed by atoms with E-state index in [-0.39, 0.29) is 10.8 Å². The molecule has 0 atom stereocenters. The van der Waals surface area contributed by atoms with Gasteiger partial charge in [-0.3, -0.25) is 9.78 Å². The number of anilines is 1. The van der Waals surface area contributed by atoms with Crippen LogP contribution < -0.4 is 10.3 Å². The lowest BCUT2D eigenvalue weighted by atomic mass is 10.1. The monoisotopic (exact) mass is 394 g/mol. The zero-order valence-corrected chi connectivity index (χ0v) is 16.2. The molecule has 0 saturated heterocycles. The van der Waals surface area contributed by atoms with E-state index in [1.54, 1.807) is 6.20 Å². The van der Waals surface area contributed by atoms with E-state index in [0.717, 1.165) is 22.5 Å². The van der Waals surface area contributed by atoms with Gasteiger partial charge in [-0.05, 0) is 42.5 Å². The van der Waals surface area contributed by atoms with E-state index in [9.17, 15) is 9.90 Å². The first-order valence-electron chi connectivity index (χ1n) is 8.50. The number of aromatic nitrogens is 1. The summed E-state index contributed by atoms with van der Waals surface area (Å²) in [6.07, 6.45) is 3.19. The molecule has 2 aromatic carbocycles. The first-order chi connectivity index (χ1) is 13.4. The molecule has 0 aliphatic rings. The summed E-state index contributed by atoms with van der Waals surface area (Å²) < 4.78 is 0. The molecular weight excluding hydrogens is 376 g/mol. The summed E-state index contributed by atoms with van der Waals surface area (Å²) in [6.45, 7) is 0. The highest BCUT2D eigenvalue weighted by molar-refractivity contribution is 6.32. The third-order valence-electron chi connectivity index (χ3n) is 4.06. The Morgan fingerprint density at radius 2 is 1.89 bits per heavy atom. The Balaban J connectivity index is 1.63. The van der Waals surface area contributed by atoms with Gasteiger partial charge in [0, 0.05) is 42.7 Å². The molecule has 3 rings (SSSR count). The Morgan fingerprint density at radius 3 is 2.50 bits per heavy atom. The highest BCUT2D eigenvalue weighted by Crippen LogP contribution is 2.23. The molecule has 0 spiro atoms. The van der Waals surface area contributed by atoms with E-state index in [1.807, 2.05) is 55.4 Å². The van der Waals surface area contributed by atoms with Crippen molar-refractivity contribution in [3.05, 3.63) is 76.9 Å². The van der Waals surface area contributed by atoms with E-state index < -0.39 is 5.91 Å². The summed E-state index contributed by atoms with van der Waals surface area (Å²) in [5.74, 6) is -0.507. The number of benzene rings is 2. The standard InChI is InChI=1S/C21H19ClN4O2/c1-26(2)17-7-4-15(5-8-17)19-9-3-14(12-23-19)13-24-25-21(28)16-6-10-20(27)18(22)11-16/h3-13,27H,1-2H3,(H,25,28). The molecule has 3 aromatic rings. The van der Waals surface area contributed by atoms with Crippen molar-refractivity contribution in [3.8, 4) is 17.0 Å². The average molecular weight is 395 g/mol. The van der Waals surface area contributed by atoms with Gasteiger partial charge >= 0.3 is 0 Å². The summed E-state index contributed by atoms with van der Waals surface area (Å²) in [6, 6.07) is 16.1. The summed E-state index contributed by atoms with van der Waals surface area (Å²) in [4.78, 5) is 18.5. The molecule has 0 bridgehead atoms. The van der Waals surface area contributed by atoms with Crippen LogP contribution in [0.3, 0.4) is 0 Å². The average Bonchev–Trinajstić information content (AvgIpc) is 2.70. The van der Waals surface area contributed by atoms with Crippen LogP contribution in [0.25, 0.3) is 11.3 Å². The van der Waals surface area contributed by atoms with Crippen LogP contribution in [0.1, 0.15) is 15.9 Å². The molecule has 1 amide bonds. The second-order valence-electron chi connectivity index (χ2n) is 6.28. The van der Waals surface area contributed by atoms with Crippen LogP contribution in [0.5, 0.6) is 5.75 Å². The lowest BCUT2D eigenvalue weighted by Crippen LogP contribution is -2.17. The minimum absolute atomic E-state index is 0.0794. The number of hydrazone groups is 1. The molecule has 7 heteroatoms. The number of carbonyl (C=O) groups excluding carboxylic acids is 1. The first kappa shape index (κ1) is 19.4. The molecule has 28 heavy (non-hydrogen) atoms. The SMILES string of the molecule is CN(C)c1ccc(-c2ccc(C=NNC(=O)c3ccc(O)c(Cl)c3)cn2)cc1. The fourth-order valence-electron chi connectivity index (χ4n) is 2.46. The highest BCUT2D eigenvalue weighted by Gasteiger charge is 2.07. The normalized spacial score (nSPS) is 10.8. The van der Waals surface area contributed by atoms with Gasteiger partial charge in [-0.25, -0.2) is 5.43 Å². The number of carbonyl (C=O) groups is 1. The maximum Gasteiger partial charge on any atom is 0.271 e. The first-order valence-corrected chi connectivity index (χ1v) is 8.87. The number of hydrogen-bond acceptors (Lipinski definition) is 5. The van der Waals surface area contributed by atoms with Gasteiger partial charge in [0.05, 0.1) is 16.9 Å². The number of phenols is 1. The van der Waals surface area contributed by atoms with Crippen molar-refractivity contribution < 1.29 is 9.90 Å². The second kappa shape index (κ2) is 8.54. The zero-order valence-electron chi connectivity index (χ0n) is 15.4. The fourth-order valence-corrected chi connectivity index (χ4v) is 2.64. The molecular formula is C21H19ClN4O2. The quantitative estimate of drug-likeness (QED) is 0.507. The van der Waals surface area contributed by atoms with Crippen LogP contribution in [0, 0.1) is 0 Å². The van der Waals surface area contributed by atoms with Crippen LogP contribution in [0.15, 0.2) is 65.9 Å². The van der Waals surface area contributed by atoms with Gasteiger partial charge < -0.3 is 10.0 Å². The minimum atomic E-state index is -0.427. The lowest BCUT2D eigenvalue weighted by Gasteiger charge is -2.12. The van der Waals surface area contributed by atoms with E-state index in [1.165, 1.54) is 24.4 Å². The molecule has 142 valence electrons. The largest absolute Gasteiger partial charge is 0.506 e. The summed E-state index contributed by atoms with van der Waals surface area (Å²) in [5.41, 5.74) is 6.46. The Hall–Kier alpha value is -3.38. The van der Waals surface area contributed by atoms with Crippen LogP contribution in [-0.4, -0.2) is 36.3 Å². The Morgan fingerprint density at radius 1 is 1.14 bits per heavy atom. The van der Waals surface area contributed by atoms with E-state index >= 15 is 0 Å². The lowest BCUT2D eigenvalue weighted by molar-refractivity contribution is 0.0955. The fraction of sp³-hybridized carbons (Fsp3) is 0.0952. The predicted molar refractivity (Wildman–Crippen MR) is 112 cm³/mol. The van der Waals surface area contributed by atoms with Crippen LogP contribution >= 0.6 is 11.6 Å². The third-order valence-corrected chi connectivity index (χ3v) is 4.36. The summed E-state index contributed by atoms with van der Waals surface area (Å²) >= 11 is 5.80. The number of aromatic hydroxyl groups is 1. The number of hydrogen-bond donors (Lipinski definition) is 2. The molecule has 1 aromatic heterocycles. The van der Waals surface area contributed by atoms with Gasteiger partial charge in [0.1, 0.15) is 5.75 Å². The molecule has 6 nitrogen and oxygen atoms in total. The summed E-state index contributed by atoms with van der Waals surface area (Å²) in [7, 11) is 3.99. The van der Waals surface area contributed by atoms with Crippen molar-refractivity contribution in [3.63, 3.8) is 0 Å². The third kappa shape index (κ3) is 4.66. The zero-order chi connectivity index (χ0) is 20.1. The Kier molecular flexibility index (Phi) is 5.91. The number of pyridine rings is 1. The smallest absolute Gasteiger partial charge is 0.271 e. The van der Waals surface area contributed by atoms with Crippen molar-refractivity contribution in [2.24, 2.45) is 5.10 Å². The van der Waals surface area contributed by atoms with Crippen molar-refractivity contribution in [2.75, 3.05) is 19.0 Å². The van der Waals surface area contributed by atoms with Crippen molar-refractivity contribution in [2.45, 2.75) is 0 Å². The van der Waals surface area contributed by atoms with E-state index in [2.05, 4.69) is 15.5 Å². The van der Waals surface area contributed by atoms with E-state index in [4.69, 9.17) is 11.6 Å². The number of rotatable bonds is 5. The number of halogens is 1. The minimum Gasteiger partial charge on any atom is -0.506 e. The number of phenolic OH excluding ortho intramolecular Hbond substituents is 1. The molecule has 0 radical (unpaired) electrons. The Bertz CT molecular complexity index is 1000. The molecule has 0 aliphatic heterocycles. The van der Waals surface area contributed by atoms with Gasteiger partial charge in [0.25, 0.3) is 5.91 Å². The molecule has 2 N–H and O–H groups in total. The van der Waals surface area contributed by atoms with Crippen LogP contribution in [0.2, 0.25) is 5.02 Å². The van der Waals surface area contributed by atoms with Gasteiger partial charge in [-0.15, -0.1) is 0 Å². The molecule has 0 unspecified atom stereocenters. The number of nitrogens with one attached hydrogen (secondary N) is 1. The molecule has 1 heterocycles. The maximum atomic E-state index is 12.0. The predicted octanol–water partition coefficient (Wildman–Crippen LogP) is 3.94. The van der Waals surface area contributed by atoms with Crippen LogP contribution in [-0.2, 0) is 0 Å². The number of amides is 1. The number of nitrogens with zero attached hydrogens (tertiary/aromatic N) is 3. The molecule has 0 aliphatic carbocycles. The van der Waals surface area contributed by atoms with Gasteiger partial charge in [0.15, 0.2) is 0 Å². The Labute approximate surface area is 168 Å². The second-order valence-corrected chi connectivity index (χ2v) is 6.69. The van der Waals surface area contributed by atoms with Gasteiger partial charge in [-0.2, -0.15) is 5.10 Å². The van der Waals surface area contributed by atoms with Crippen molar-refractivity contribution in [1.82, 2.24) is 10.4 Å². The topological polar surface area (TPSA) is 77.8 Å². The van der Waals surface area contributed by atoms with Crippen LogP contribution in [0.4, 0.5) is 5.69 Å². The maximum absolute atomic E-state index is 12.0. The van der Waals surface area contributed by atoms with Crippen molar-refractivity contribution >= 4 is 29.4 Å². The van der Waals surface area contributed by atoms with Crippen molar-refractivity contribution in [1.29, 1.82) is 0 Å². The molecule has 0 fully saturated rings. The van der Waals surface area contributed by atoms with E-state index in [0.29, 0.717) is 5.56 Å². The molecule has 0 saturated carbocycles. The van der Waals surface area contributed by atoms with Gasteiger partial charge in [-0.1, -0.05) is 23.7 Å².